The van der Waals surface area contributed by atoms with Crippen LogP contribution in [0.2, 0.25) is 0 Å². The van der Waals surface area contributed by atoms with Gasteiger partial charge in [0.1, 0.15) is 0 Å². The van der Waals surface area contributed by atoms with Crippen LogP contribution in [0.3, 0.4) is 0 Å². The molecule has 0 aromatic heterocycles. The lowest BCUT2D eigenvalue weighted by atomic mass is 10.0. The first-order valence-corrected chi connectivity index (χ1v) is 5.20. The zero-order chi connectivity index (χ0) is 13.9. The smallest absolute Gasteiger partial charge is 0.410 e. The van der Waals surface area contributed by atoms with Gasteiger partial charge in [-0.2, -0.15) is 13.2 Å². The van der Waals surface area contributed by atoms with E-state index in [4.69, 9.17) is 0 Å². The number of allylic oxidation sites excluding steroid dienone is 2. The summed E-state index contributed by atoms with van der Waals surface area (Å²) in [5.74, 6) is -0.503. The molecule has 0 aliphatic carbocycles. The van der Waals surface area contributed by atoms with E-state index in [1.54, 1.807) is 6.92 Å². The first kappa shape index (κ1) is 14.3. The van der Waals surface area contributed by atoms with E-state index in [2.05, 4.69) is 4.74 Å². The van der Waals surface area contributed by atoms with Gasteiger partial charge in [-0.3, -0.25) is 0 Å². The van der Waals surface area contributed by atoms with Crippen molar-refractivity contribution in [3.63, 3.8) is 0 Å². The van der Waals surface area contributed by atoms with E-state index in [-0.39, 0.29) is 11.6 Å². The topological polar surface area (TPSA) is 26.3 Å². The predicted molar refractivity (Wildman–Crippen MR) is 62.2 cm³/mol. The quantitative estimate of drug-likeness (QED) is 0.755. The Kier molecular flexibility index (Phi) is 4.16. The number of hydrogen-bond donors (Lipinski definition) is 0. The summed E-state index contributed by atoms with van der Waals surface area (Å²) < 4.78 is 41.2. The molecule has 0 radical (unpaired) electrons. The number of benzene rings is 1. The normalized spacial score (nSPS) is 12.4. The number of hydrogen-bond acceptors (Lipinski definition) is 2. The van der Waals surface area contributed by atoms with Crippen molar-refractivity contribution in [1.29, 1.82) is 0 Å². The summed E-state index contributed by atoms with van der Waals surface area (Å²) in [5.41, 5.74) is 1.45. The molecule has 0 saturated heterocycles. The number of carbonyl (C=O) groups is 1. The van der Waals surface area contributed by atoms with Crippen molar-refractivity contribution in [3.8, 4) is 0 Å². The maximum absolute atomic E-state index is 12.2. The number of esters is 1. The van der Waals surface area contributed by atoms with E-state index in [0.29, 0.717) is 16.7 Å². The Morgan fingerprint density at radius 3 is 2.39 bits per heavy atom. The summed E-state index contributed by atoms with van der Waals surface area (Å²) in [7, 11) is 1.25. The molecule has 5 heteroatoms. The van der Waals surface area contributed by atoms with Gasteiger partial charge in [-0.15, -0.1) is 0 Å². The molecule has 0 bridgehead atoms. The number of rotatable bonds is 2. The largest absolute Gasteiger partial charge is 0.465 e. The van der Waals surface area contributed by atoms with Crippen LogP contribution in [-0.4, -0.2) is 19.3 Å². The highest BCUT2D eigenvalue weighted by Gasteiger charge is 2.23. The van der Waals surface area contributed by atoms with E-state index in [0.717, 1.165) is 0 Å². The van der Waals surface area contributed by atoms with E-state index in [9.17, 15) is 18.0 Å². The number of aryl methyl sites for hydroxylation is 1. The van der Waals surface area contributed by atoms with Gasteiger partial charge in [-0.25, -0.2) is 4.79 Å². The van der Waals surface area contributed by atoms with Crippen LogP contribution in [0.5, 0.6) is 0 Å². The summed E-state index contributed by atoms with van der Waals surface area (Å²) >= 11 is 0. The first-order valence-electron chi connectivity index (χ1n) is 5.20. The Morgan fingerprint density at radius 2 is 1.94 bits per heavy atom. The van der Waals surface area contributed by atoms with E-state index in [1.807, 2.05) is 0 Å². The van der Waals surface area contributed by atoms with Gasteiger partial charge < -0.3 is 4.74 Å². The van der Waals surface area contributed by atoms with E-state index < -0.39 is 12.1 Å². The van der Waals surface area contributed by atoms with Crippen LogP contribution in [-0.2, 0) is 4.74 Å². The maximum atomic E-state index is 12.2. The molecule has 1 rings (SSSR count). The van der Waals surface area contributed by atoms with Crippen molar-refractivity contribution in [2.24, 2.45) is 0 Å². The summed E-state index contributed by atoms with van der Waals surface area (Å²) in [6.07, 6.45) is -4.11. The molecule has 0 heterocycles. The summed E-state index contributed by atoms with van der Waals surface area (Å²) in [6, 6.07) is 4.46. The van der Waals surface area contributed by atoms with Gasteiger partial charge in [-0.1, -0.05) is 12.1 Å². The fourth-order valence-electron chi connectivity index (χ4n) is 1.58. The monoisotopic (exact) mass is 258 g/mol. The highest BCUT2D eigenvalue weighted by Crippen LogP contribution is 2.25. The Morgan fingerprint density at radius 1 is 1.33 bits per heavy atom. The number of ether oxygens (including phenoxy) is 1. The third kappa shape index (κ3) is 3.61. The standard InChI is InChI=1S/C13H13F3O2/c1-8-6-10(9(2)7-13(14,15)16)4-5-11(8)12(17)18-3/h4-7H,1-3H3/b9-7+. The van der Waals surface area contributed by atoms with Crippen molar-refractivity contribution in [3.05, 3.63) is 41.0 Å². The fraction of sp³-hybridized carbons (Fsp3) is 0.308. The van der Waals surface area contributed by atoms with Crippen LogP contribution in [0.15, 0.2) is 24.3 Å². The van der Waals surface area contributed by atoms with Crippen LogP contribution < -0.4 is 0 Å². The molecule has 0 N–H and O–H groups in total. The molecule has 0 aliphatic rings. The lowest BCUT2D eigenvalue weighted by molar-refractivity contribution is -0.0793. The van der Waals surface area contributed by atoms with Gasteiger partial charge in [0.2, 0.25) is 0 Å². The first-order chi connectivity index (χ1) is 8.24. The van der Waals surface area contributed by atoms with Gasteiger partial charge >= 0.3 is 12.1 Å². The van der Waals surface area contributed by atoms with Crippen LogP contribution in [0, 0.1) is 6.92 Å². The number of methoxy groups -OCH3 is 1. The van der Waals surface area contributed by atoms with Crippen LogP contribution in [0.25, 0.3) is 5.57 Å². The Labute approximate surface area is 103 Å². The lowest BCUT2D eigenvalue weighted by Crippen LogP contribution is -2.05. The molecular formula is C13H13F3O2. The third-order valence-electron chi connectivity index (χ3n) is 2.47. The Bertz CT molecular complexity index is 487. The minimum atomic E-state index is -4.35. The van der Waals surface area contributed by atoms with Gasteiger partial charge in [0.05, 0.1) is 12.7 Å². The number of alkyl halides is 3. The summed E-state index contributed by atoms with van der Waals surface area (Å²) in [5, 5.41) is 0. The second-order valence-corrected chi connectivity index (χ2v) is 3.89. The lowest BCUT2D eigenvalue weighted by Gasteiger charge is -2.08. The molecule has 98 valence electrons. The van der Waals surface area contributed by atoms with Crippen molar-refractivity contribution in [1.82, 2.24) is 0 Å². The average Bonchev–Trinajstić information content (AvgIpc) is 2.25. The highest BCUT2D eigenvalue weighted by molar-refractivity contribution is 5.91. The molecule has 0 saturated carbocycles. The van der Waals surface area contributed by atoms with Crippen molar-refractivity contribution >= 4 is 11.5 Å². The van der Waals surface area contributed by atoms with Gasteiger partial charge in [0.25, 0.3) is 0 Å². The van der Waals surface area contributed by atoms with Gasteiger partial charge in [0.15, 0.2) is 0 Å². The molecule has 0 unspecified atom stereocenters. The molecule has 1 aromatic carbocycles. The third-order valence-corrected chi connectivity index (χ3v) is 2.47. The molecule has 0 fully saturated rings. The average molecular weight is 258 g/mol. The van der Waals surface area contributed by atoms with E-state index in [1.165, 1.54) is 32.2 Å². The molecule has 0 aliphatic heterocycles. The Balaban J connectivity index is 3.12. The van der Waals surface area contributed by atoms with Crippen molar-refractivity contribution in [2.75, 3.05) is 7.11 Å². The molecule has 1 aromatic rings. The highest BCUT2D eigenvalue weighted by atomic mass is 19.4. The molecule has 0 amide bonds. The summed E-state index contributed by atoms with van der Waals surface area (Å²) in [4.78, 5) is 11.3. The van der Waals surface area contributed by atoms with Crippen LogP contribution in [0.4, 0.5) is 13.2 Å². The SMILES string of the molecule is COC(=O)c1ccc(/C(C)=C/C(F)(F)F)cc1C. The zero-order valence-corrected chi connectivity index (χ0v) is 10.3. The van der Waals surface area contributed by atoms with E-state index >= 15 is 0 Å². The zero-order valence-electron chi connectivity index (χ0n) is 10.3. The minimum Gasteiger partial charge on any atom is -0.465 e. The second-order valence-electron chi connectivity index (χ2n) is 3.89. The molecule has 0 atom stereocenters. The Hall–Kier alpha value is -1.78. The predicted octanol–water partition coefficient (Wildman–Crippen LogP) is 3.75. The molecular weight excluding hydrogens is 245 g/mol. The number of halogens is 3. The number of carbonyl (C=O) groups excluding carboxylic acids is 1. The summed E-state index contributed by atoms with van der Waals surface area (Å²) in [6.45, 7) is 3.02. The van der Waals surface area contributed by atoms with Crippen molar-refractivity contribution in [2.45, 2.75) is 20.0 Å². The van der Waals surface area contributed by atoms with Gasteiger partial charge in [-0.05, 0) is 36.6 Å². The molecule has 18 heavy (non-hydrogen) atoms. The fourth-order valence-corrected chi connectivity index (χ4v) is 1.58. The maximum Gasteiger partial charge on any atom is 0.410 e. The molecule has 0 spiro atoms. The van der Waals surface area contributed by atoms with Crippen LogP contribution >= 0.6 is 0 Å². The van der Waals surface area contributed by atoms with Crippen molar-refractivity contribution < 1.29 is 22.7 Å². The van der Waals surface area contributed by atoms with Crippen LogP contribution in [0.1, 0.15) is 28.4 Å². The molecule has 2 nitrogen and oxygen atoms in total. The minimum absolute atomic E-state index is 0.0991. The second kappa shape index (κ2) is 5.25. The van der Waals surface area contributed by atoms with Gasteiger partial charge in [0, 0.05) is 6.08 Å².